The highest BCUT2D eigenvalue weighted by atomic mass is 16.4. The lowest BCUT2D eigenvalue weighted by Gasteiger charge is -2.25. The van der Waals surface area contributed by atoms with E-state index in [1.165, 1.54) is 24.3 Å². The second-order valence-corrected chi connectivity index (χ2v) is 11.2. The van der Waals surface area contributed by atoms with E-state index >= 15 is 0 Å². The highest BCUT2D eigenvalue weighted by molar-refractivity contribution is 5.95. The zero-order chi connectivity index (χ0) is 33.9. The summed E-state index contributed by atoms with van der Waals surface area (Å²) in [5, 5.41) is 36.9. The Morgan fingerprint density at radius 3 is 1.85 bits per heavy atom. The smallest absolute Gasteiger partial charge is 0.326 e. The molecule has 0 spiro atoms. The molecular formula is C34H37N5O8. The van der Waals surface area contributed by atoms with Gasteiger partial charge in [-0.3, -0.25) is 19.2 Å². The van der Waals surface area contributed by atoms with Crippen molar-refractivity contribution in [1.82, 2.24) is 20.9 Å². The van der Waals surface area contributed by atoms with Gasteiger partial charge in [0, 0.05) is 36.4 Å². The third kappa shape index (κ3) is 9.90. The molecule has 4 unspecified atom stereocenters. The van der Waals surface area contributed by atoms with Crippen LogP contribution in [0, 0.1) is 0 Å². The van der Waals surface area contributed by atoms with Gasteiger partial charge in [-0.2, -0.15) is 0 Å². The summed E-state index contributed by atoms with van der Waals surface area (Å²) in [4.78, 5) is 66.5. The molecule has 47 heavy (non-hydrogen) atoms. The summed E-state index contributed by atoms with van der Waals surface area (Å²) in [6, 6.07) is 17.3. The lowest BCUT2D eigenvalue weighted by Crippen LogP contribution is -2.58. The second kappa shape index (κ2) is 16.0. The van der Waals surface area contributed by atoms with Gasteiger partial charge in [0.25, 0.3) is 0 Å². The van der Waals surface area contributed by atoms with E-state index in [4.69, 9.17) is 10.8 Å². The Morgan fingerprint density at radius 1 is 0.681 bits per heavy atom. The Labute approximate surface area is 270 Å². The lowest BCUT2D eigenvalue weighted by atomic mass is 10.0. The number of carbonyl (C=O) groups excluding carboxylic acids is 3. The molecule has 4 rings (SSSR count). The molecular weight excluding hydrogens is 606 g/mol. The Hall–Kier alpha value is -5.69. The SMILES string of the molecule is NC(Cc1c[nH]c2ccccc12)C(=O)NC(Cc1ccccc1)C(=O)NC(Cc1ccc(O)cc1)C(=O)NC(CCC(=O)O)C(=O)O. The zero-order valence-corrected chi connectivity index (χ0v) is 25.4. The molecule has 4 atom stereocenters. The van der Waals surface area contributed by atoms with Crippen molar-refractivity contribution < 1.29 is 39.3 Å². The van der Waals surface area contributed by atoms with E-state index in [0.717, 1.165) is 22.0 Å². The lowest BCUT2D eigenvalue weighted by molar-refractivity contribution is -0.143. The predicted octanol–water partition coefficient (Wildman–Crippen LogP) is 1.63. The molecule has 3 aromatic carbocycles. The van der Waals surface area contributed by atoms with Crippen molar-refractivity contribution in [2.24, 2.45) is 5.73 Å². The number of carboxylic acids is 2. The number of aromatic nitrogens is 1. The summed E-state index contributed by atoms with van der Waals surface area (Å²) < 4.78 is 0. The standard InChI is InChI=1S/C34H37N5O8/c35-25(18-22-19-36-26-9-5-4-8-24(22)26)31(43)38-28(16-20-6-2-1-3-7-20)33(45)39-29(17-21-10-12-23(40)13-11-21)32(44)37-27(34(46)47)14-15-30(41)42/h1-13,19,25,27-29,36,40H,14-18,35H2,(H,37,44)(H,38,43)(H,39,45)(H,41,42)(H,46,47). The van der Waals surface area contributed by atoms with E-state index in [1.807, 2.05) is 24.3 Å². The molecule has 3 amide bonds. The van der Waals surface area contributed by atoms with Gasteiger partial charge in [-0.1, -0.05) is 60.7 Å². The Bertz CT molecular complexity index is 1710. The van der Waals surface area contributed by atoms with Gasteiger partial charge in [0.05, 0.1) is 6.04 Å². The number of hydrogen-bond acceptors (Lipinski definition) is 7. The molecule has 0 aliphatic heterocycles. The first-order valence-corrected chi connectivity index (χ1v) is 15.0. The summed E-state index contributed by atoms with van der Waals surface area (Å²) in [6.45, 7) is 0. The van der Waals surface area contributed by atoms with Crippen molar-refractivity contribution in [3.8, 4) is 5.75 Å². The normalized spacial score (nSPS) is 13.6. The Kier molecular flexibility index (Phi) is 11.7. The van der Waals surface area contributed by atoms with E-state index in [1.54, 1.807) is 36.5 Å². The summed E-state index contributed by atoms with van der Waals surface area (Å²) in [5.74, 6) is -4.88. The molecule has 246 valence electrons. The molecule has 1 heterocycles. The van der Waals surface area contributed by atoms with Crippen LogP contribution in [-0.2, 0) is 43.2 Å². The van der Waals surface area contributed by atoms with Crippen LogP contribution in [0.25, 0.3) is 10.9 Å². The number of fused-ring (bicyclic) bond motifs is 1. The quantitative estimate of drug-likeness (QED) is 0.0887. The Morgan fingerprint density at radius 2 is 1.23 bits per heavy atom. The third-order valence-electron chi connectivity index (χ3n) is 7.64. The molecule has 0 saturated heterocycles. The molecule has 13 heteroatoms. The topological polar surface area (TPSA) is 224 Å². The molecule has 9 N–H and O–H groups in total. The van der Waals surface area contributed by atoms with Crippen molar-refractivity contribution in [2.75, 3.05) is 0 Å². The highest BCUT2D eigenvalue weighted by Gasteiger charge is 2.31. The number of amides is 3. The van der Waals surface area contributed by atoms with Crippen LogP contribution in [0.3, 0.4) is 0 Å². The van der Waals surface area contributed by atoms with E-state index in [9.17, 15) is 34.2 Å². The maximum Gasteiger partial charge on any atom is 0.326 e. The molecule has 0 aliphatic rings. The molecule has 0 fully saturated rings. The number of hydrogen-bond donors (Lipinski definition) is 8. The minimum atomic E-state index is -1.53. The molecule has 4 aromatic rings. The minimum Gasteiger partial charge on any atom is -0.508 e. The zero-order valence-electron chi connectivity index (χ0n) is 25.4. The fourth-order valence-electron chi connectivity index (χ4n) is 5.11. The van der Waals surface area contributed by atoms with Gasteiger partial charge in [0.2, 0.25) is 17.7 Å². The number of benzene rings is 3. The average molecular weight is 644 g/mol. The number of aliphatic carboxylic acids is 2. The average Bonchev–Trinajstić information content (AvgIpc) is 3.45. The number of para-hydroxylation sites is 1. The van der Waals surface area contributed by atoms with Crippen LogP contribution in [0.5, 0.6) is 5.75 Å². The number of phenols is 1. The van der Waals surface area contributed by atoms with E-state index in [0.29, 0.717) is 5.56 Å². The highest BCUT2D eigenvalue weighted by Crippen LogP contribution is 2.19. The summed E-state index contributed by atoms with van der Waals surface area (Å²) in [6.07, 6.45) is 1.04. The second-order valence-electron chi connectivity index (χ2n) is 11.2. The molecule has 0 bridgehead atoms. The largest absolute Gasteiger partial charge is 0.508 e. The fourth-order valence-corrected chi connectivity index (χ4v) is 5.11. The van der Waals surface area contributed by atoms with Crippen LogP contribution in [-0.4, -0.2) is 74.1 Å². The van der Waals surface area contributed by atoms with Gasteiger partial charge in [0.15, 0.2) is 0 Å². The number of rotatable bonds is 16. The summed E-state index contributed by atoms with van der Waals surface area (Å²) in [7, 11) is 0. The summed E-state index contributed by atoms with van der Waals surface area (Å²) >= 11 is 0. The number of nitrogens with one attached hydrogen (secondary N) is 4. The van der Waals surface area contributed by atoms with Crippen LogP contribution >= 0.6 is 0 Å². The number of H-pyrrole nitrogens is 1. The number of nitrogens with two attached hydrogens (primary N) is 1. The number of carbonyl (C=O) groups is 5. The number of phenolic OH excluding ortho intramolecular Hbond substituents is 1. The van der Waals surface area contributed by atoms with Gasteiger partial charge < -0.3 is 42.0 Å². The molecule has 1 aromatic heterocycles. The number of carboxylic acid groups (broad SMARTS) is 2. The summed E-state index contributed by atoms with van der Waals surface area (Å²) in [5.41, 5.74) is 9.27. The van der Waals surface area contributed by atoms with Crippen LogP contribution < -0.4 is 21.7 Å². The molecule has 0 saturated carbocycles. The minimum absolute atomic E-state index is 0.0204. The van der Waals surface area contributed by atoms with Crippen LogP contribution in [0.2, 0.25) is 0 Å². The van der Waals surface area contributed by atoms with Crippen molar-refractivity contribution in [2.45, 2.75) is 56.3 Å². The molecule has 0 aliphatic carbocycles. The Balaban J connectivity index is 1.54. The van der Waals surface area contributed by atoms with E-state index in [2.05, 4.69) is 20.9 Å². The van der Waals surface area contributed by atoms with Gasteiger partial charge in [-0.05, 0) is 47.7 Å². The fraction of sp³-hybridized carbons (Fsp3) is 0.265. The molecule has 0 radical (unpaired) electrons. The maximum absolute atomic E-state index is 13.8. The van der Waals surface area contributed by atoms with Crippen molar-refractivity contribution >= 4 is 40.6 Å². The van der Waals surface area contributed by atoms with Crippen LogP contribution in [0.4, 0.5) is 0 Å². The van der Waals surface area contributed by atoms with E-state index in [-0.39, 0.29) is 31.4 Å². The molecule has 13 nitrogen and oxygen atoms in total. The van der Waals surface area contributed by atoms with Crippen molar-refractivity contribution in [1.29, 1.82) is 0 Å². The van der Waals surface area contributed by atoms with Crippen LogP contribution in [0.1, 0.15) is 29.5 Å². The number of aromatic amines is 1. The predicted molar refractivity (Wildman–Crippen MR) is 172 cm³/mol. The van der Waals surface area contributed by atoms with Gasteiger partial charge in [-0.15, -0.1) is 0 Å². The van der Waals surface area contributed by atoms with Gasteiger partial charge in [0.1, 0.15) is 23.9 Å². The van der Waals surface area contributed by atoms with Gasteiger partial charge in [-0.25, -0.2) is 4.79 Å². The number of aromatic hydroxyl groups is 1. The first-order valence-electron chi connectivity index (χ1n) is 15.0. The van der Waals surface area contributed by atoms with Crippen molar-refractivity contribution in [3.05, 3.63) is 102 Å². The monoisotopic (exact) mass is 643 g/mol. The van der Waals surface area contributed by atoms with Gasteiger partial charge >= 0.3 is 11.9 Å². The first kappa shape index (κ1) is 34.2. The van der Waals surface area contributed by atoms with E-state index < -0.39 is 60.2 Å². The third-order valence-corrected chi connectivity index (χ3v) is 7.64. The maximum atomic E-state index is 13.8. The first-order chi connectivity index (χ1) is 22.5. The van der Waals surface area contributed by atoms with Crippen molar-refractivity contribution in [3.63, 3.8) is 0 Å². The van der Waals surface area contributed by atoms with Crippen LogP contribution in [0.15, 0.2) is 85.1 Å².